The normalized spacial score (nSPS) is 10.5. The fraction of sp³-hybridized carbons (Fsp3) is 0.111. The van der Waals surface area contributed by atoms with Crippen LogP contribution in [0.3, 0.4) is 0 Å². The van der Waals surface area contributed by atoms with Crippen molar-refractivity contribution >= 4 is 46.3 Å². The monoisotopic (exact) mass is 390 g/mol. The molecule has 25 heavy (non-hydrogen) atoms. The fourth-order valence-corrected chi connectivity index (χ4v) is 4.06. The molecule has 0 aliphatic heterocycles. The highest BCUT2D eigenvalue weighted by atomic mass is 35.5. The second-order valence-corrected chi connectivity index (χ2v) is 7.21. The van der Waals surface area contributed by atoms with Crippen LogP contribution in [0.4, 0.5) is 5.69 Å². The lowest BCUT2D eigenvalue weighted by Gasteiger charge is -2.11. The zero-order valence-corrected chi connectivity index (χ0v) is 15.8. The summed E-state index contributed by atoms with van der Waals surface area (Å²) in [7, 11) is 1.55. The molecule has 1 aromatic heterocycles. The van der Waals surface area contributed by atoms with Crippen molar-refractivity contribution in [3.8, 4) is 5.75 Å². The van der Waals surface area contributed by atoms with Crippen LogP contribution in [-0.2, 0) is 5.75 Å². The molecule has 7 heteroatoms. The first-order chi connectivity index (χ1) is 12.2. The minimum Gasteiger partial charge on any atom is -0.495 e. The molecule has 0 bridgehead atoms. The van der Waals surface area contributed by atoms with E-state index in [9.17, 15) is 4.79 Å². The number of ether oxygens (including phenoxy) is 1. The van der Waals surface area contributed by atoms with Crippen molar-refractivity contribution in [1.29, 1.82) is 0 Å². The number of hydrogen-bond donors (Lipinski definition) is 1. The average molecular weight is 391 g/mol. The third-order valence-corrected chi connectivity index (χ3v) is 5.44. The van der Waals surface area contributed by atoms with E-state index in [0.29, 0.717) is 22.0 Å². The van der Waals surface area contributed by atoms with Crippen LogP contribution in [0.2, 0.25) is 5.02 Å². The van der Waals surface area contributed by atoms with Gasteiger partial charge in [-0.1, -0.05) is 23.7 Å². The number of nitrogens with zero attached hydrogens (tertiary/aromatic N) is 1. The molecule has 4 nitrogen and oxygen atoms in total. The smallest absolute Gasteiger partial charge is 0.256 e. The van der Waals surface area contributed by atoms with Gasteiger partial charge >= 0.3 is 0 Å². The first-order valence-corrected chi connectivity index (χ1v) is 9.72. The Morgan fingerprint density at radius 2 is 2.16 bits per heavy atom. The predicted octanol–water partition coefficient (Wildman–Crippen LogP) is 5.35. The summed E-state index contributed by atoms with van der Waals surface area (Å²) < 4.78 is 5.12. The van der Waals surface area contributed by atoms with Gasteiger partial charge in [-0.2, -0.15) is 0 Å². The molecular weight excluding hydrogens is 376 g/mol. The maximum absolute atomic E-state index is 12.6. The summed E-state index contributed by atoms with van der Waals surface area (Å²) in [6.45, 7) is 0. The highest BCUT2D eigenvalue weighted by molar-refractivity contribution is 7.98. The van der Waals surface area contributed by atoms with Crippen LogP contribution in [0.1, 0.15) is 16.1 Å². The van der Waals surface area contributed by atoms with Crippen molar-refractivity contribution in [1.82, 2.24) is 4.98 Å². The minimum absolute atomic E-state index is 0.178. The number of hydrogen-bond acceptors (Lipinski definition) is 5. The average Bonchev–Trinajstić information content (AvgIpc) is 3.14. The third-order valence-electron chi connectivity index (χ3n) is 3.40. The summed E-state index contributed by atoms with van der Waals surface area (Å²) in [6, 6.07) is 12.7. The van der Waals surface area contributed by atoms with E-state index in [2.05, 4.69) is 10.3 Å². The van der Waals surface area contributed by atoms with E-state index in [0.717, 1.165) is 16.3 Å². The summed E-state index contributed by atoms with van der Waals surface area (Å²) in [5.74, 6) is 1.11. The van der Waals surface area contributed by atoms with Gasteiger partial charge in [-0.15, -0.1) is 23.1 Å². The van der Waals surface area contributed by atoms with Crippen LogP contribution in [0.15, 0.2) is 58.3 Å². The number of rotatable bonds is 6. The Kier molecular flexibility index (Phi) is 5.96. The zero-order valence-electron chi connectivity index (χ0n) is 13.4. The van der Waals surface area contributed by atoms with Gasteiger partial charge in [0.2, 0.25) is 0 Å². The molecule has 0 saturated heterocycles. The van der Waals surface area contributed by atoms with Crippen LogP contribution < -0.4 is 10.1 Å². The van der Waals surface area contributed by atoms with Gasteiger partial charge in [0.25, 0.3) is 5.91 Å². The van der Waals surface area contributed by atoms with Crippen molar-refractivity contribution in [3.05, 3.63) is 69.6 Å². The number of thioether (sulfide) groups is 1. The molecule has 1 N–H and O–H groups in total. The lowest BCUT2D eigenvalue weighted by Crippen LogP contribution is -2.13. The number of nitrogens with one attached hydrogen (secondary N) is 1. The number of aromatic nitrogens is 1. The van der Waals surface area contributed by atoms with Crippen molar-refractivity contribution in [2.45, 2.75) is 10.6 Å². The van der Waals surface area contributed by atoms with Gasteiger partial charge in [-0.25, -0.2) is 4.98 Å². The summed E-state index contributed by atoms with van der Waals surface area (Å²) in [6.07, 6.45) is 0. The Labute approximate surface area is 159 Å². The van der Waals surface area contributed by atoms with Crippen molar-refractivity contribution in [2.24, 2.45) is 0 Å². The van der Waals surface area contributed by atoms with Gasteiger partial charge in [-0.05, 0) is 30.3 Å². The molecule has 0 aliphatic rings. The van der Waals surface area contributed by atoms with Gasteiger partial charge in [-0.3, -0.25) is 4.79 Å². The molecule has 1 heterocycles. The van der Waals surface area contributed by atoms with Gasteiger partial charge < -0.3 is 10.1 Å². The van der Waals surface area contributed by atoms with E-state index in [1.807, 2.05) is 35.2 Å². The summed E-state index contributed by atoms with van der Waals surface area (Å²) in [5.41, 5.74) is 4.05. The van der Waals surface area contributed by atoms with Crippen LogP contribution in [0, 0.1) is 0 Å². The Morgan fingerprint density at radius 3 is 2.88 bits per heavy atom. The summed E-state index contributed by atoms with van der Waals surface area (Å²) in [5, 5.41) is 5.34. The number of benzene rings is 2. The second kappa shape index (κ2) is 8.38. The Balaban J connectivity index is 1.74. The second-order valence-electron chi connectivity index (χ2n) is 5.07. The number of thiazole rings is 1. The molecule has 0 atom stereocenters. The molecule has 0 unspecified atom stereocenters. The minimum atomic E-state index is -0.178. The first kappa shape index (κ1) is 17.8. The highest BCUT2D eigenvalue weighted by Gasteiger charge is 2.13. The third kappa shape index (κ3) is 4.54. The Morgan fingerprint density at radius 1 is 1.32 bits per heavy atom. The molecule has 0 aliphatic carbocycles. The van der Waals surface area contributed by atoms with E-state index < -0.39 is 0 Å². The molecule has 1 amide bonds. The number of anilines is 1. The quantitative estimate of drug-likeness (QED) is 0.576. The van der Waals surface area contributed by atoms with E-state index in [4.69, 9.17) is 16.3 Å². The van der Waals surface area contributed by atoms with Crippen LogP contribution in [0.25, 0.3) is 0 Å². The predicted molar refractivity (Wildman–Crippen MR) is 104 cm³/mol. The maximum atomic E-state index is 12.6. The molecule has 2 aromatic carbocycles. The van der Waals surface area contributed by atoms with Gasteiger partial charge in [0.05, 0.1) is 28.9 Å². The van der Waals surface area contributed by atoms with Crippen LogP contribution in [-0.4, -0.2) is 18.0 Å². The van der Waals surface area contributed by atoms with Crippen molar-refractivity contribution in [3.63, 3.8) is 0 Å². The molecular formula is C18H15ClN2O2S2. The van der Waals surface area contributed by atoms with E-state index in [1.165, 1.54) is 0 Å². The zero-order chi connectivity index (χ0) is 17.6. The molecule has 3 rings (SSSR count). The molecule has 0 fully saturated rings. The van der Waals surface area contributed by atoms with Crippen molar-refractivity contribution in [2.75, 3.05) is 12.4 Å². The Hall–Kier alpha value is -2.02. The van der Waals surface area contributed by atoms with Gasteiger partial charge in [0.1, 0.15) is 5.75 Å². The van der Waals surface area contributed by atoms with E-state index >= 15 is 0 Å². The van der Waals surface area contributed by atoms with Gasteiger partial charge in [0, 0.05) is 21.7 Å². The lowest BCUT2D eigenvalue weighted by atomic mass is 10.2. The number of amides is 1. The number of halogens is 1. The molecule has 0 saturated carbocycles. The van der Waals surface area contributed by atoms with Crippen molar-refractivity contribution < 1.29 is 9.53 Å². The highest BCUT2D eigenvalue weighted by Crippen LogP contribution is 2.29. The Bertz CT molecular complexity index is 869. The number of methoxy groups -OCH3 is 1. The molecule has 0 spiro atoms. The number of carbonyl (C=O) groups excluding carboxylic acids is 1. The SMILES string of the molecule is COc1ccc(NC(=O)c2ccccc2SCc2cscn2)cc1Cl. The maximum Gasteiger partial charge on any atom is 0.256 e. The molecule has 0 radical (unpaired) electrons. The summed E-state index contributed by atoms with van der Waals surface area (Å²) in [4.78, 5) is 17.8. The summed E-state index contributed by atoms with van der Waals surface area (Å²) >= 11 is 9.27. The fourth-order valence-electron chi connectivity index (χ4n) is 2.18. The standard InChI is InChI=1S/C18H15ClN2O2S2/c1-23-16-7-6-12(8-15(16)19)21-18(22)14-4-2-3-5-17(14)25-10-13-9-24-11-20-13/h2-9,11H,10H2,1H3,(H,21,22). The topological polar surface area (TPSA) is 51.2 Å². The van der Waals surface area contributed by atoms with E-state index in [1.54, 1.807) is 48.4 Å². The van der Waals surface area contributed by atoms with Crippen LogP contribution in [0.5, 0.6) is 5.75 Å². The molecule has 128 valence electrons. The van der Waals surface area contributed by atoms with Gasteiger partial charge in [0.15, 0.2) is 0 Å². The lowest BCUT2D eigenvalue weighted by molar-refractivity contribution is 0.102. The van der Waals surface area contributed by atoms with Crippen LogP contribution >= 0.6 is 34.7 Å². The molecule has 3 aromatic rings. The number of carbonyl (C=O) groups is 1. The first-order valence-electron chi connectivity index (χ1n) is 7.41. The van der Waals surface area contributed by atoms with E-state index in [-0.39, 0.29) is 5.91 Å². The largest absolute Gasteiger partial charge is 0.495 e.